The van der Waals surface area contributed by atoms with E-state index in [1.54, 1.807) is 24.3 Å². The van der Waals surface area contributed by atoms with Crippen molar-refractivity contribution in [3.8, 4) is 0 Å². The van der Waals surface area contributed by atoms with Gasteiger partial charge in [0.25, 0.3) is 0 Å². The van der Waals surface area contributed by atoms with Gasteiger partial charge in [-0.2, -0.15) is 4.31 Å². The number of carbonyl (C=O) groups is 1. The molecular weight excluding hydrogens is 374 g/mol. The van der Waals surface area contributed by atoms with Crippen LogP contribution in [0.1, 0.15) is 26.2 Å². The molecule has 1 heterocycles. The Labute approximate surface area is 167 Å². The Kier molecular flexibility index (Phi) is 6.70. The third kappa shape index (κ3) is 4.91. The highest BCUT2D eigenvalue weighted by molar-refractivity contribution is 7.89. The maximum atomic E-state index is 12.8. The second-order valence-corrected chi connectivity index (χ2v) is 8.83. The molecule has 0 radical (unpaired) electrons. The Hall–Kier alpha value is -2.38. The zero-order valence-electron chi connectivity index (χ0n) is 16.2. The maximum absolute atomic E-state index is 12.8. The molecule has 7 heteroatoms. The number of anilines is 2. The molecule has 2 aromatic carbocycles. The molecule has 1 aliphatic heterocycles. The molecule has 0 atom stereocenters. The lowest BCUT2D eigenvalue weighted by Gasteiger charge is -2.26. The van der Waals surface area contributed by atoms with E-state index < -0.39 is 10.0 Å². The zero-order valence-corrected chi connectivity index (χ0v) is 17.0. The lowest BCUT2D eigenvalue weighted by molar-refractivity contribution is -0.115. The van der Waals surface area contributed by atoms with Gasteiger partial charge >= 0.3 is 0 Å². The predicted molar refractivity (Wildman–Crippen MR) is 112 cm³/mol. The van der Waals surface area contributed by atoms with Gasteiger partial charge in [0.15, 0.2) is 0 Å². The molecule has 150 valence electrons. The summed E-state index contributed by atoms with van der Waals surface area (Å²) in [5.41, 5.74) is 1.47. The van der Waals surface area contributed by atoms with E-state index in [4.69, 9.17) is 0 Å². The van der Waals surface area contributed by atoms with Crippen LogP contribution in [0.25, 0.3) is 0 Å². The first-order valence-electron chi connectivity index (χ1n) is 9.71. The van der Waals surface area contributed by atoms with E-state index in [-0.39, 0.29) is 17.3 Å². The number of para-hydroxylation sites is 1. The van der Waals surface area contributed by atoms with Crippen molar-refractivity contribution in [2.24, 2.45) is 0 Å². The summed E-state index contributed by atoms with van der Waals surface area (Å²) in [6, 6.07) is 16.2. The average molecular weight is 402 g/mol. The molecular formula is C21H27N3O3S. The Morgan fingerprint density at radius 3 is 2.43 bits per heavy atom. The Morgan fingerprint density at radius 2 is 1.75 bits per heavy atom. The molecule has 0 spiro atoms. The quantitative estimate of drug-likeness (QED) is 0.773. The second kappa shape index (κ2) is 9.21. The molecule has 28 heavy (non-hydrogen) atoms. The minimum absolute atomic E-state index is 0.182. The van der Waals surface area contributed by atoms with Crippen molar-refractivity contribution in [1.29, 1.82) is 0 Å². The Bertz CT molecular complexity index is 894. The first kappa shape index (κ1) is 20.4. The lowest BCUT2D eigenvalue weighted by atomic mass is 10.2. The van der Waals surface area contributed by atoms with Gasteiger partial charge in [0.05, 0.1) is 11.4 Å². The minimum atomic E-state index is -3.52. The Morgan fingerprint density at radius 1 is 1.04 bits per heavy atom. The molecule has 3 rings (SSSR count). The van der Waals surface area contributed by atoms with Crippen LogP contribution in [-0.2, 0) is 14.8 Å². The number of carbonyl (C=O) groups excluding carboxylic acids is 1. The monoisotopic (exact) mass is 401 g/mol. The van der Waals surface area contributed by atoms with Crippen molar-refractivity contribution >= 4 is 27.3 Å². The smallest absolute Gasteiger partial charge is 0.243 e. The van der Waals surface area contributed by atoms with Gasteiger partial charge in [-0.1, -0.05) is 30.7 Å². The number of nitrogens with one attached hydrogen (secondary N) is 1. The van der Waals surface area contributed by atoms with Gasteiger partial charge in [-0.15, -0.1) is 0 Å². The summed E-state index contributed by atoms with van der Waals surface area (Å²) < 4.78 is 27.2. The first-order chi connectivity index (χ1) is 13.5. The van der Waals surface area contributed by atoms with E-state index >= 15 is 0 Å². The number of hydrogen-bond acceptors (Lipinski definition) is 4. The van der Waals surface area contributed by atoms with Crippen LogP contribution in [0.15, 0.2) is 59.5 Å². The fraction of sp³-hybridized carbons (Fsp3) is 0.381. The fourth-order valence-corrected chi connectivity index (χ4v) is 4.95. The summed E-state index contributed by atoms with van der Waals surface area (Å²) in [6.45, 7) is 4.00. The highest BCUT2D eigenvalue weighted by Crippen LogP contribution is 2.23. The van der Waals surface area contributed by atoms with Crippen molar-refractivity contribution in [2.75, 3.05) is 36.4 Å². The molecule has 0 bridgehead atoms. The van der Waals surface area contributed by atoms with Crippen LogP contribution < -0.4 is 10.2 Å². The van der Waals surface area contributed by atoms with Crippen LogP contribution in [0.4, 0.5) is 11.4 Å². The van der Waals surface area contributed by atoms with Gasteiger partial charge in [0.2, 0.25) is 15.9 Å². The van der Waals surface area contributed by atoms with Crippen LogP contribution in [0.3, 0.4) is 0 Å². The number of piperidine rings is 1. The van der Waals surface area contributed by atoms with Gasteiger partial charge < -0.3 is 10.2 Å². The minimum Gasteiger partial charge on any atom is -0.362 e. The highest BCUT2D eigenvalue weighted by atomic mass is 32.2. The summed E-state index contributed by atoms with van der Waals surface area (Å²) in [4.78, 5) is 14.7. The number of likely N-dealkylation sites (N-methyl/N-ethyl adjacent to an activating group) is 1. The highest BCUT2D eigenvalue weighted by Gasteiger charge is 2.26. The van der Waals surface area contributed by atoms with Gasteiger partial charge in [-0.3, -0.25) is 4.79 Å². The molecule has 0 aromatic heterocycles. The molecule has 0 unspecified atom stereocenters. The predicted octanol–water partition coefficient (Wildman–Crippen LogP) is 3.33. The molecule has 1 fully saturated rings. The maximum Gasteiger partial charge on any atom is 0.243 e. The van der Waals surface area contributed by atoms with E-state index in [1.165, 1.54) is 4.31 Å². The standard InChI is InChI=1S/C21H27N3O3S/c1-2-23(19-11-5-3-6-12-19)17-21(25)22-18-10-9-13-20(16-18)28(26,27)24-14-7-4-8-15-24/h3,5-6,9-13,16H,2,4,7-8,14-15,17H2,1H3,(H,22,25). The Balaban J connectivity index is 1.69. The van der Waals surface area contributed by atoms with Crippen LogP contribution in [0.2, 0.25) is 0 Å². The van der Waals surface area contributed by atoms with Crippen LogP contribution in [0.5, 0.6) is 0 Å². The van der Waals surface area contributed by atoms with Crippen LogP contribution >= 0.6 is 0 Å². The van der Waals surface area contributed by atoms with Crippen LogP contribution in [-0.4, -0.2) is 44.8 Å². The lowest BCUT2D eigenvalue weighted by Crippen LogP contribution is -2.35. The van der Waals surface area contributed by atoms with E-state index in [1.807, 2.05) is 42.2 Å². The summed E-state index contributed by atoms with van der Waals surface area (Å²) in [5, 5.41) is 2.83. The third-order valence-electron chi connectivity index (χ3n) is 4.91. The van der Waals surface area contributed by atoms with Crippen molar-refractivity contribution in [3.05, 3.63) is 54.6 Å². The fourth-order valence-electron chi connectivity index (χ4n) is 3.39. The van der Waals surface area contributed by atoms with Crippen molar-refractivity contribution in [3.63, 3.8) is 0 Å². The number of amides is 1. The third-order valence-corrected chi connectivity index (χ3v) is 6.80. The van der Waals surface area contributed by atoms with E-state index in [2.05, 4.69) is 5.32 Å². The van der Waals surface area contributed by atoms with Crippen molar-refractivity contribution in [2.45, 2.75) is 31.1 Å². The molecule has 1 saturated heterocycles. The number of sulfonamides is 1. The second-order valence-electron chi connectivity index (χ2n) is 6.89. The van der Waals surface area contributed by atoms with Gasteiger partial charge in [-0.25, -0.2) is 8.42 Å². The van der Waals surface area contributed by atoms with E-state index in [0.717, 1.165) is 24.9 Å². The molecule has 1 aliphatic rings. The van der Waals surface area contributed by atoms with Gasteiger partial charge in [0, 0.05) is 31.0 Å². The SMILES string of the molecule is CCN(CC(=O)Nc1cccc(S(=O)(=O)N2CCCCC2)c1)c1ccccc1. The molecule has 0 saturated carbocycles. The molecule has 6 nitrogen and oxygen atoms in total. The average Bonchev–Trinajstić information content (AvgIpc) is 2.73. The number of rotatable bonds is 7. The summed E-state index contributed by atoms with van der Waals surface area (Å²) in [5.74, 6) is -0.182. The number of benzene rings is 2. The molecule has 1 N–H and O–H groups in total. The molecule has 0 aliphatic carbocycles. The number of hydrogen-bond donors (Lipinski definition) is 1. The molecule has 2 aromatic rings. The van der Waals surface area contributed by atoms with E-state index in [9.17, 15) is 13.2 Å². The summed E-state index contributed by atoms with van der Waals surface area (Å²) >= 11 is 0. The summed E-state index contributed by atoms with van der Waals surface area (Å²) in [6.07, 6.45) is 2.85. The van der Waals surface area contributed by atoms with E-state index in [0.29, 0.717) is 25.3 Å². The van der Waals surface area contributed by atoms with Gasteiger partial charge in [0.1, 0.15) is 0 Å². The molecule has 1 amide bonds. The summed E-state index contributed by atoms with van der Waals surface area (Å²) in [7, 11) is -3.52. The number of nitrogens with zero attached hydrogens (tertiary/aromatic N) is 2. The van der Waals surface area contributed by atoms with Crippen molar-refractivity contribution < 1.29 is 13.2 Å². The van der Waals surface area contributed by atoms with Crippen molar-refractivity contribution in [1.82, 2.24) is 4.31 Å². The van der Waals surface area contributed by atoms with Gasteiger partial charge in [-0.05, 0) is 50.1 Å². The first-order valence-corrected chi connectivity index (χ1v) is 11.1. The largest absolute Gasteiger partial charge is 0.362 e. The topological polar surface area (TPSA) is 69.7 Å². The van der Waals surface area contributed by atoms with Crippen LogP contribution in [0, 0.1) is 0 Å². The zero-order chi connectivity index (χ0) is 20.0. The normalized spacial score (nSPS) is 15.2.